The lowest BCUT2D eigenvalue weighted by Gasteiger charge is -2.52. The SMILES string of the molecule is CC[C@@H](CNS(=O)(=O)CC)N1C(=O)[C@@](C)(CC(=O)O)C[C@H](c2cccc(Cl)c2)[C@H]1c1ccc(Cl)cc1. The third-order valence-electron chi connectivity index (χ3n) is 6.92. The second kappa shape index (κ2) is 11.5. The summed E-state index contributed by atoms with van der Waals surface area (Å²) in [6.07, 6.45) is 0.413. The van der Waals surface area contributed by atoms with Crippen molar-refractivity contribution in [2.45, 2.75) is 58.0 Å². The first-order valence-corrected chi connectivity index (χ1v) is 14.3. The summed E-state index contributed by atoms with van der Waals surface area (Å²) in [5.74, 6) is -1.75. The van der Waals surface area contributed by atoms with Crippen LogP contribution in [0.15, 0.2) is 48.5 Å². The number of benzene rings is 2. The Morgan fingerprint density at radius 1 is 1.14 bits per heavy atom. The monoisotopic (exact) mass is 554 g/mol. The fourth-order valence-corrected chi connectivity index (χ4v) is 6.02. The summed E-state index contributed by atoms with van der Waals surface area (Å²) in [6.45, 7) is 5.13. The number of piperidine rings is 1. The third-order valence-corrected chi connectivity index (χ3v) is 8.77. The number of nitrogens with one attached hydrogen (secondary N) is 1. The van der Waals surface area contributed by atoms with Gasteiger partial charge in [-0.2, -0.15) is 0 Å². The molecule has 196 valence electrons. The minimum Gasteiger partial charge on any atom is -0.481 e. The molecule has 1 heterocycles. The molecule has 0 aromatic heterocycles. The van der Waals surface area contributed by atoms with Gasteiger partial charge in [-0.15, -0.1) is 0 Å². The maximum absolute atomic E-state index is 14.1. The molecule has 2 N–H and O–H groups in total. The first-order chi connectivity index (χ1) is 16.9. The molecule has 0 unspecified atom stereocenters. The van der Waals surface area contributed by atoms with Crippen LogP contribution in [-0.2, 0) is 19.6 Å². The Bertz CT molecular complexity index is 1210. The van der Waals surface area contributed by atoms with Crippen LogP contribution in [0.5, 0.6) is 0 Å². The standard InChI is InChI=1S/C26H32Cl2N2O5S/c1-4-21(16-29-36(34,35)5-2)30-24(17-9-11-19(27)12-10-17)22(18-7-6-8-20(28)13-18)14-26(3,25(30)33)15-23(31)32/h6-13,21-22,24,29H,4-5,14-16H2,1-3H3,(H,31,32)/t21-,22+,24+,26+/m0/s1. The zero-order chi connectivity index (χ0) is 26.7. The number of hydrogen-bond acceptors (Lipinski definition) is 4. The summed E-state index contributed by atoms with van der Waals surface area (Å²) >= 11 is 12.5. The maximum atomic E-state index is 14.1. The summed E-state index contributed by atoms with van der Waals surface area (Å²) in [6, 6.07) is 13.6. The summed E-state index contributed by atoms with van der Waals surface area (Å²) in [5.41, 5.74) is 0.506. The van der Waals surface area contributed by atoms with E-state index in [0.717, 1.165) is 11.1 Å². The summed E-state index contributed by atoms with van der Waals surface area (Å²) < 4.78 is 27.1. The van der Waals surface area contributed by atoms with E-state index in [1.54, 1.807) is 36.9 Å². The lowest BCUT2D eigenvalue weighted by molar-refractivity contribution is -0.160. The zero-order valence-electron chi connectivity index (χ0n) is 20.6. The van der Waals surface area contributed by atoms with E-state index in [4.69, 9.17) is 23.2 Å². The molecule has 10 heteroatoms. The van der Waals surface area contributed by atoms with Crippen LogP contribution < -0.4 is 4.72 Å². The van der Waals surface area contributed by atoms with Gasteiger partial charge in [-0.25, -0.2) is 13.1 Å². The topological polar surface area (TPSA) is 104 Å². The van der Waals surface area contributed by atoms with E-state index in [0.29, 0.717) is 22.9 Å². The summed E-state index contributed by atoms with van der Waals surface area (Å²) in [4.78, 5) is 27.6. The number of carbonyl (C=O) groups is 2. The molecule has 1 saturated heterocycles. The van der Waals surface area contributed by atoms with Crippen LogP contribution >= 0.6 is 23.2 Å². The fourth-order valence-electron chi connectivity index (χ4n) is 5.05. The smallest absolute Gasteiger partial charge is 0.304 e. The predicted molar refractivity (Wildman–Crippen MR) is 142 cm³/mol. The van der Waals surface area contributed by atoms with Crippen molar-refractivity contribution in [3.05, 3.63) is 69.7 Å². The van der Waals surface area contributed by atoms with Gasteiger partial charge in [0, 0.05) is 28.5 Å². The number of halogens is 2. The molecule has 2 aromatic carbocycles. The maximum Gasteiger partial charge on any atom is 0.304 e. The highest BCUT2D eigenvalue weighted by molar-refractivity contribution is 7.89. The molecular weight excluding hydrogens is 523 g/mol. The Hall–Kier alpha value is -2.13. The second-order valence-corrected chi connectivity index (χ2v) is 12.5. The van der Waals surface area contributed by atoms with Crippen LogP contribution in [-0.4, -0.2) is 48.6 Å². The van der Waals surface area contributed by atoms with Crippen molar-refractivity contribution in [3.8, 4) is 0 Å². The molecule has 0 spiro atoms. The van der Waals surface area contributed by atoms with Gasteiger partial charge in [-0.1, -0.05) is 61.3 Å². The number of carbonyl (C=O) groups excluding carboxylic acids is 1. The Labute approximate surface area is 222 Å². The van der Waals surface area contributed by atoms with Crippen molar-refractivity contribution >= 4 is 45.1 Å². The number of nitrogens with zero attached hydrogens (tertiary/aromatic N) is 1. The Kier molecular flexibility index (Phi) is 9.09. The van der Waals surface area contributed by atoms with Gasteiger partial charge in [0.1, 0.15) is 0 Å². The molecule has 0 radical (unpaired) electrons. The molecule has 2 aromatic rings. The number of carboxylic acid groups (broad SMARTS) is 1. The van der Waals surface area contributed by atoms with E-state index >= 15 is 0 Å². The van der Waals surface area contributed by atoms with Crippen molar-refractivity contribution in [2.24, 2.45) is 5.41 Å². The van der Waals surface area contributed by atoms with E-state index in [9.17, 15) is 23.1 Å². The van der Waals surface area contributed by atoms with Crippen molar-refractivity contribution in [1.29, 1.82) is 0 Å². The van der Waals surface area contributed by atoms with Gasteiger partial charge in [-0.3, -0.25) is 9.59 Å². The number of amides is 1. The van der Waals surface area contributed by atoms with Crippen LogP contribution in [0, 0.1) is 5.41 Å². The molecular formula is C26H32Cl2N2O5S. The number of likely N-dealkylation sites (tertiary alicyclic amines) is 1. The van der Waals surface area contributed by atoms with Crippen LogP contribution in [0.25, 0.3) is 0 Å². The number of hydrogen-bond donors (Lipinski definition) is 2. The zero-order valence-corrected chi connectivity index (χ0v) is 22.9. The minimum absolute atomic E-state index is 0.0217. The first kappa shape index (κ1) is 28.4. The Balaban J connectivity index is 2.20. The normalized spacial score (nSPS) is 23.5. The number of sulfonamides is 1. The van der Waals surface area contributed by atoms with Gasteiger partial charge in [0.25, 0.3) is 0 Å². The van der Waals surface area contributed by atoms with Gasteiger partial charge in [0.2, 0.25) is 15.9 Å². The Morgan fingerprint density at radius 3 is 2.36 bits per heavy atom. The van der Waals surface area contributed by atoms with Crippen LogP contribution in [0.4, 0.5) is 0 Å². The average Bonchev–Trinajstić information content (AvgIpc) is 2.82. The molecule has 0 saturated carbocycles. The lowest BCUT2D eigenvalue weighted by atomic mass is 9.67. The van der Waals surface area contributed by atoms with Crippen molar-refractivity contribution in [3.63, 3.8) is 0 Å². The molecule has 1 amide bonds. The summed E-state index contributed by atoms with van der Waals surface area (Å²) in [7, 11) is -3.50. The van der Waals surface area contributed by atoms with Gasteiger partial charge in [0.15, 0.2) is 0 Å². The molecule has 7 nitrogen and oxygen atoms in total. The van der Waals surface area contributed by atoms with Crippen molar-refractivity contribution < 1.29 is 23.1 Å². The fraction of sp³-hybridized carbons (Fsp3) is 0.462. The highest BCUT2D eigenvalue weighted by Crippen LogP contribution is 2.52. The minimum atomic E-state index is -3.50. The lowest BCUT2D eigenvalue weighted by Crippen LogP contribution is -2.58. The van der Waals surface area contributed by atoms with Gasteiger partial charge >= 0.3 is 5.97 Å². The Morgan fingerprint density at radius 2 is 1.81 bits per heavy atom. The average molecular weight is 556 g/mol. The number of aliphatic carboxylic acids is 1. The van der Waals surface area contributed by atoms with Crippen molar-refractivity contribution in [2.75, 3.05) is 12.3 Å². The molecule has 1 aliphatic heterocycles. The molecule has 3 rings (SSSR count). The molecule has 0 aliphatic carbocycles. The highest BCUT2D eigenvalue weighted by atomic mass is 35.5. The molecule has 1 aliphatic rings. The molecule has 1 fully saturated rings. The molecule has 4 atom stereocenters. The quantitative estimate of drug-likeness (QED) is 0.417. The van der Waals surface area contributed by atoms with Crippen LogP contribution in [0.2, 0.25) is 10.0 Å². The second-order valence-electron chi connectivity index (χ2n) is 9.52. The van der Waals surface area contributed by atoms with E-state index in [2.05, 4.69) is 4.72 Å². The van der Waals surface area contributed by atoms with Gasteiger partial charge in [0.05, 0.1) is 23.6 Å². The number of rotatable bonds is 10. The first-order valence-electron chi connectivity index (χ1n) is 11.9. The molecule has 36 heavy (non-hydrogen) atoms. The predicted octanol–water partition coefficient (Wildman–Crippen LogP) is 5.25. The van der Waals surface area contributed by atoms with E-state index in [-0.39, 0.29) is 30.5 Å². The van der Waals surface area contributed by atoms with Crippen molar-refractivity contribution in [1.82, 2.24) is 9.62 Å². The number of carboxylic acids is 1. The largest absolute Gasteiger partial charge is 0.481 e. The summed E-state index contributed by atoms with van der Waals surface area (Å²) in [5, 5.41) is 10.8. The van der Waals surface area contributed by atoms with Gasteiger partial charge in [-0.05, 0) is 55.2 Å². The van der Waals surface area contributed by atoms with Crippen LogP contribution in [0.1, 0.15) is 63.1 Å². The third kappa shape index (κ3) is 6.40. The highest BCUT2D eigenvalue weighted by Gasteiger charge is 2.52. The van der Waals surface area contributed by atoms with Crippen LogP contribution in [0.3, 0.4) is 0 Å². The van der Waals surface area contributed by atoms with Gasteiger partial charge < -0.3 is 10.0 Å². The van der Waals surface area contributed by atoms with E-state index in [1.807, 2.05) is 37.3 Å². The molecule has 0 bridgehead atoms. The van der Waals surface area contributed by atoms with E-state index in [1.165, 1.54) is 0 Å². The van der Waals surface area contributed by atoms with E-state index < -0.39 is 33.5 Å².